The lowest BCUT2D eigenvalue weighted by atomic mass is 9.97. The summed E-state index contributed by atoms with van der Waals surface area (Å²) >= 11 is 1.95. The van der Waals surface area contributed by atoms with Crippen LogP contribution >= 0.6 is 11.8 Å². The first-order chi connectivity index (χ1) is 10.9. The molecule has 116 valence electrons. The first-order valence-electron chi connectivity index (χ1n) is 8.02. The van der Waals surface area contributed by atoms with Crippen molar-refractivity contribution in [3.8, 4) is 0 Å². The minimum absolute atomic E-state index is 0.252. The molecule has 0 aromatic heterocycles. The Morgan fingerprint density at radius 1 is 1.09 bits per heavy atom. The lowest BCUT2D eigenvalue weighted by molar-refractivity contribution is 0.271. The minimum Gasteiger partial charge on any atom is -0.396 e. The van der Waals surface area contributed by atoms with Crippen LogP contribution in [0.5, 0.6) is 0 Å². The smallest absolute Gasteiger partial charge is 0.0431 e. The van der Waals surface area contributed by atoms with Crippen LogP contribution in [-0.2, 0) is 0 Å². The fourth-order valence-electron chi connectivity index (χ4n) is 3.09. The number of benzene rings is 2. The zero-order valence-electron chi connectivity index (χ0n) is 12.7. The van der Waals surface area contributed by atoms with Gasteiger partial charge in [-0.25, -0.2) is 0 Å². The largest absolute Gasteiger partial charge is 0.396 e. The van der Waals surface area contributed by atoms with Gasteiger partial charge in [0.2, 0.25) is 0 Å². The minimum atomic E-state index is 0.252. The van der Waals surface area contributed by atoms with Gasteiger partial charge in [0.25, 0.3) is 0 Å². The van der Waals surface area contributed by atoms with Crippen LogP contribution in [0.2, 0.25) is 0 Å². The van der Waals surface area contributed by atoms with E-state index in [1.54, 1.807) is 0 Å². The Kier molecular flexibility index (Phi) is 5.54. The molecule has 0 aliphatic carbocycles. The lowest BCUT2D eigenvalue weighted by Crippen LogP contribution is -2.29. The average Bonchev–Trinajstić information content (AvgIpc) is 2.59. The number of fused-ring (bicyclic) bond motifs is 1. The fraction of sp³-hybridized carbons (Fsp3) is 0.368. The summed E-state index contributed by atoms with van der Waals surface area (Å²) in [5, 5.41) is 13.0. The van der Waals surface area contributed by atoms with Crippen molar-refractivity contribution in [3.05, 3.63) is 65.7 Å². The van der Waals surface area contributed by atoms with Crippen LogP contribution in [0.15, 0.2) is 59.5 Å². The summed E-state index contributed by atoms with van der Waals surface area (Å²) in [6, 6.07) is 20.0. The first-order valence-corrected chi connectivity index (χ1v) is 9.00. The van der Waals surface area contributed by atoms with Gasteiger partial charge in [0.05, 0.1) is 0 Å². The van der Waals surface area contributed by atoms with Gasteiger partial charge in [0.15, 0.2) is 0 Å². The van der Waals surface area contributed by atoms with Crippen LogP contribution in [0.25, 0.3) is 0 Å². The van der Waals surface area contributed by atoms with Crippen molar-refractivity contribution in [2.24, 2.45) is 0 Å². The predicted molar refractivity (Wildman–Crippen MR) is 93.2 cm³/mol. The van der Waals surface area contributed by atoms with Gasteiger partial charge in [-0.15, -0.1) is 11.8 Å². The van der Waals surface area contributed by atoms with E-state index in [0.717, 1.165) is 25.0 Å². The molecule has 2 N–H and O–H groups in total. The maximum Gasteiger partial charge on any atom is 0.0431 e. The van der Waals surface area contributed by atoms with Crippen molar-refractivity contribution in [1.29, 1.82) is 0 Å². The van der Waals surface area contributed by atoms with Crippen molar-refractivity contribution in [1.82, 2.24) is 5.32 Å². The second-order valence-corrected chi connectivity index (χ2v) is 6.86. The second kappa shape index (κ2) is 7.82. The number of aliphatic hydroxyl groups excluding tert-OH is 1. The molecule has 0 radical (unpaired) electrons. The molecule has 3 heteroatoms. The van der Waals surface area contributed by atoms with Gasteiger partial charge in [0, 0.05) is 23.6 Å². The van der Waals surface area contributed by atoms with Crippen LogP contribution in [0.3, 0.4) is 0 Å². The number of aliphatic hydroxyl groups is 1. The summed E-state index contributed by atoms with van der Waals surface area (Å²) in [6.45, 7) is 0.252. The summed E-state index contributed by atoms with van der Waals surface area (Å²) in [6.07, 6.45) is 2.95. The molecule has 1 aliphatic rings. The number of hydrogen-bond acceptors (Lipinski definition) is 3. The Hall–Kier alpha value is -1.29. The second-order valence-electron chi connectivity index (χ2n) is 5.72. The Bertz CT molecular complexity index is 587. The number of nitrogens with one attached hydrogen (secondary N) is 1. The van der Waals surface area contributed by atoms with Gasteiger partial charge in [-0.2, -0.15) is 0 Å². The summed E-state index contributed by atoms with van der Waals surface area (Å²) in [5.74, 6) is 1.16. The molecule has 22 heavy (non-hydrogen) atoms. The molecule has 0 bridgehead atoms. The highest BCUT2D eigenvalue weighted by molar-refractivity contribution is 7.99. The van der Waals surface area contributed by atoms with Crippen molar-refractivity contribution in [2.75, 3.05) is 12.4 Å². The van der Waals surface area contributed by atoms with Gasteiger partial charge >= 0.3 is 0 Å². The van der Waals surface area contributed by atoms with E-state index < -0.39 is 0 Å². The molecule has 2 atom stereocenters. The highest BCUT2D eigenvalue weighted by atomic mass is 32.2. The van der Waals surface area contributed by atoms with E-state index in [0.29, 0.717) is 12.1 Å². The van der Waals surface area contributed by atoms with Gasteiger partial charge in [-0.05, 0) is 42.2 Å². The molecule has 3 rings (SSSR count). The molecule has 2 nitrogen and oxygen atoms in total. The zero-order chi connectivity index (χ0) is 15.2. The molecule has 2 aromatic carbocycles. The SMILES string of the molecule is OCCCC(NC1CCSc2ccccc21)c1ccccc1. The molecule has 1 heterocycles. The third-order valence-corrected chi connectivity index (χ3v) is 5.34. The first kappa shape index (κ1) is 15.6. The maximum absolute atomic E-state index is 9.19. The monoisotopic (exact) mass is 313 g/mol. The van der Waals surface area contributed by atoms with Crippen LogP contribution in [-0.4, -0.2) is 17.5 Å². The molecule has 0 fully saturated rings. The van der Waals surface area contributed by atoms with Crippen molar-refractivity contribution in [2.45, 2.75) is 36.2 Å². The third-order valence-electron chi connectivity index (χ3n) is 4.21. The molecular weight excluding hydrogens is 290 g/mol. The normalized spacial score (nSPS) is 18.7. The molecular formula is C19H23NOS. The van der Waals surface area contributed by atoms with E-state index in [1.807, 2.05) is 11.8 Å². The Morgan fingerprint density at radius 2 is 1.86 bits per heavy atom. The summed E-state index contributed by atoms with van der Waals surface area (Å²) < 4.78 is 0. The van der Waals surface area contributed by atoms with Crippen LogP contribution in [0, 0.1) is 0 Å². The summed E-state index contributed by atoms with van der Waals surface area (Å²) in [7, 11) is 0. The topological polar surface area (TPSA) is 32.3 Å². The van der Waals surface area contributed by atoms with Gasteiger partial charge < -0.3 is 10.4 Å². The zero-order valence-corrected chi connectivity index (χ0v) is 13.6. The van der Waals surface area contributed by atoms with E-state index in [4.69, 9.17) is 0 Å². The van der Waals surface area contributed by atoms with E-state index in [9.17, 15) is 5.11 Å². The highest BCUT2D eigenvalue weighted by Gasteiger charge is 2.23. The molecule has 0 spiro atoms. The number of hydrogen-bond donors (Lipinski definition) is 2. The quantitative estimate of drug-likeness (QED) is 0.832. The van der Waals surface area contributed by atoms with Crippen LogP contribution in [0.4, 0.5) is 0 Å². The standard InChI is InChI=1S/C19H23NOS/c21-13-6-10-17(15-7-2-1-3-8-15)20-18-12-14-22-19-11-5-4-9-16(18)19/h1-5,7-9,11,17-18,20-21H,6,10,12-14H2. The van der Waals surface area contributed by atoms with Gasteiger partial charge in [-0.3, -0.25) is 0 Å². The maximum atomic E-state index is 9.19. The van der Waals surface area contributed by atoms with Crippen molar-refractivity contribution < 1.29 is 5.11 Å². The van der Waals surface area contributed by atoms with Crippen LogP contribution in [0.1, 0.15) is 42.5 Å². The molecule has 2 aromatic rings. The van der Waals surface area contributed by atoms with Gasteiger partial charge in [-0.1, -0.05) is 48.5 Å². The van der Waals surface area contributed by atoms with Crippen molar-refractivity contribution >= 4 is 11.8 Å². The van der Waals surface area contributed by atoms with E-state index in [2.05, 4.69) is 59.9 Å². The van der Waals surface area contributed by atoms with E-state index >= 15 is 0 Å². The average molecular weight is 313 g/mol. The molecule has 2 unspecified atom stereocenters. The molecule has 0 amide bonds. The molecule has 0 saturated carbocycles. The lowest BCUT2D eigenvalue weighted by Gasteiger charge is -2.30. The Morgan fingerprint density at radius 3 is 2.68 bits per heavy atom. The van der Waals surface area contributed by atoms with E-state index in [1.165, 1.54) is 16.0 Å². The Balaban J connectivity index is 1.79. The third kappa shape index (κ3) is 3.72. The van der Waals surface area contributed by atoms with Crippen LogP contribution < -0.4 is 5.32 Å². The predicted octanol–water partition coefficient (Wildman–Crippen LogP) is 4.33. The van der Waals surface area contributed by atoms with Gasteiger partial charge in [0.1, 0.15) is 0 Å². The summed E-state index contributed by atoms with van der Waals surface area (Å²) in [4.78, 5) is 1.40. The summed E-state index contributed by atoms with van der Waals surface area (Å²) in [5.41, 5.74) is 2.73. The molecule has 0 saturated heterocycles. The number of thioether (sulfide) groups is 1. The number of rotatable bonds is 6. The highest BCUT2D eigenvalue weighted by Crippen LogP contribution is 2.37. The van der Waals surface area contributed by atoms with Crippen molar-refractivity contribution in [3.63, 3.8) is 0 Å². The fourth-order valence-corrected chi connectivity index (χ4v) is 4.21. The Labute approximate surface area is 137 Å². The van der Waals surface area contributed by atoms with E-state index in [-0.39, 0.29) is 6.61 Å². The molecule has 1 aliphatic heterocycles.